The summed E-state index contributed by atoms with van der Waals surface area (Å²) in [6.45, 7) is -0.111. The van der Waals surface area contributed by atoms with Crippen LogP contribution in [0, 0.1) is 11.3 Å². The van der Waals surface area contributed by atoms with Crippen LogP contribution in [0.3, 0.4) is 0 Å². The van der Waals surface area contributed by atoms with E-state index in [1.165, 1.54) is 49.8 Å². The lowest BCUT2D eigenvalue weighted by atomic mass is 9.33. The van der Waals surface area contributed by atoms with Crippen molar-refractivity contribution in [3.63, 3.8) is 0 Å². The van der Waals surface area contributed by atoms with Gasteiger partial charge in [-0.15, -0.1) is 0 Å². The third-order valence-electron chi connectivity index (χ3n) is 12.9. The Morgan fingerprint density at radius 2 is 0.738 bits per heavy atom. The van der Waals surface area contributed by atoms with Gasteiger partial charge in [-0.25, -0.2) is 0 Å². The van der Waals surface area contributed by atoms with E-state index >= 15 is 0 Å². The van der Waals surface area contributed by atoms with Gasteiger partial charge >= 0.3 is 0 Å². The monoisotopic (exact) mass is 826 g/mol. The molecule has 0 saturated heterocycles. The summed E-state index contributed by atoms with van der Waals surface area (Å²) in [5.41, 5.74) is 21.9. The lowest BCUT2D eigenvalue weighted by Gasteiger charge is -2.44. The second-order valence-electron chi connectivity index (χ2n) is 16.7. The van der Waals surface area contributed by atoms with E-state index in [4.69, 9.17) is 4.98 Å². The number of nitriles is 1. The third-order valence-corrected chi connectivity index (χ3v) is 12.9. The van der Waals surface area contributed by atoms with Crippen LogP contribution in [0.15, 0.2) is 237 Å². The molecule has 1 aromatic heterocycles. The average Bonchev–Trinajstić information content (AvgIpc) is 3.39. The van der Waals surface area contributed by atoms with Crippen LogP contribution in [0.1, 0.15) is 5.56 Å². The number of nitrogens with zero attached hydrogens (tertiary/aromatic N) is 4. The first-order valence-electron chi connectivity index (χ1n) is 22.0. The molecule has 65 heavy (non-hydrogen) atoms. The number of fused-ring (bicyclic) bond motifs is 4. The number of hydrogen-bond acceptors (Lipinski definition) is 4. The van der Waals surface area contributed by atoms with Gasteiger partial charge in [0.15, 0.2) is 0 Å². The highest BCUT2D eigenvalue weighted by Crippen LogP contribution is 2.47. The Morgan fingerprint density at radius 1 is 0.354 bits per heavy atom. The van der Waals surface area contributed by atoms with Crippen LogP contribution in [0.25, 0.3) is 55.8 Å². The van der Waals surface area contributed by atoms with Crippen molar-refractivity contribution < 1.29 is 0 Å². The maximum absolute atomic E-state index is 9.75. The van der Waals surface area contributed by atoms with E-state index in [0.717, 1.165) is 56.5 Å². The molecular formula is C60H39BN4. The summed E-state index contributed by atoms with van der Waals surface area (Å²) in [5, 5.41) is 9.75. The molecule has 0 fully saturated rings. The number of anilines is 6. The predicted molar refractivity (Wildman–Crippen MR) is 270 cm³/mol. The maximum atomic E-state index is 9.75. The standard InChI is InChI=1S/C60H39BN4/c62-39-41-21-32-55(63-40-41)50-37-58-60-59(38-50)65(52-30-24-47(25-31-52)43-15-7-2-8-16-43)57-34-27-49(45-19-11-4-12-20-45)36-54(57)61(60)53-35-48(44-17-9-3-10-18-44)26-33-56(53)64(58)51-28-22-46(23-29-51)42-13-5-1-6-14-42/h1-38,40H. The summed E-state index contributed by atoms with van der Waals surface area (Å²) < 4.78 is 0. The molecule has 10 aromatic rings. The lowest BCUT2D eigenvalue weighted by Crippen LogP contribution is -2.61. The van der Waals surface area contributed by atoms with Gasteiger partial charge in [0, 0.05) is 45.9 Å². The van der Waals surface area contributed by atoms with Crippen LogP contribution in [-0.2, 0) is 0 Å². The molecule has 0 radical (unpaired) electrons. The van der Waals surface area contributed by atoms with E-state index in [9.17, 15) is 5.26 Å². The normalized spacial score (nSPS) is 12.2. The fourth-order valence-corrected chi connectivity index (χ4v) is 9.83. The molecule has 0 bridgehead atoms. The molecule has 5 heteroatoms. The van der Waals surface area contributed by atoms with Crippen LogP contribution in [0.4, 0.5) is 34.1 Å². The van der Waals surface area contributed by atoms with Crippen molar-refractivity contribution >= 4 is 57.2 Å². The number of aromatic nitrogens is 1. The molecular weight excluding hydrogens is 787 g/mol. The Balaban J connectivity index is 1.15. The molecule has 9 aromatic carbocycles. The Bertz CT molecular complexity index is 3210. The summed E-state index contributed by atoms with van der Waals surface area (Å²) in [5.74, 6) is 0. The number of rotatable bonds is 7. The first kappa shape index (κ1) is 38.0. The van der Waals surface area contributed by atoms with Crippen LogP contribution in [-0.4, -0.2) is 11.7 Å². The van der Waals surface area contributed by atoms with Gasteiger partial charge in [-0.05, 0) is 122 Å². The molecule has 302 valence electrons. The highest BCUT2D eigenvalue weighted by atomic mass is 15.2. The largest absolute Gasteiger partial charge is 0.311 e. The maximum Gasteiger partial charge on any atom is 0.252 e. The van der Waals surface area contributed by atoms with Crippen LogP contribution >= 0.6 is 0 Å². The zero-order valence-corrected chi connectivity index (χ0v) is 35.4. The Morgan fingerprint density at radius 3 is 1.12 bits per heavy atom. The highest BCUT2D eigenvalue weighted by molar-refractivity contribution is 7.00. The van der Waals surface area contributed by atoms with Crippen LogP contribution < -0.4 is 26.2 Å². The van der Waals surface area contributed by atoms with E-state index in [1.807, 2.05) is 12.1 Å². The number of pyridine rings is 1. The minimum Gasteiger partial charge on any atom is -0.311 e. The number of hydrogen-bond donors (Lipinski definition) is 0. The fourth-order valence-electron chi connectivity index (χ4n) is 9.83. The molecule has 0 spiro atoms. The molecule has 2 aliphatic rings. The summed E-state index contributed by atoms with van der Waals surface area (Å²) in [6, 6.07) is 85.2. The highest BCUT2D eigenvalue weighted by Gasteiger charge is 2.44. The zero-order chi connectivity index (χ0) is 43.3. The Labute approximate surface area is 379 Å². The van der Waals surface area contributed by atoms with E-state index in [2.05, 4.69) is 234 Å². The van der Waals surface area contributed by atoms with Crippen molar-refractivity contribution in [2.24, 2.45) is 0 Å². The van der Waals surface area contributed by atoms with Gasteiger partial charge in [0.05, 0.1) is 11.3 Å². The first-order valence-corrected chi connectivity index (χ1v) is 22.0. The second kappa shape index (κ2) is 15.9. The van der Waals surface area contributed by atoms with Crippen LogP contribution in [0.5, 0.6) is 0 Å². The molecule has 0 N–H and O–H groups in total. The van der Waals surface area contributed by atoms with Crippen molar-refractivity contribution in [2.45, 2.75) is 0 Å². The molecule has 4 nitrogen and oxygen atoms in total. The smallest absolute Gasteiger partial charge is 0.252 e. The molecule has 0 aliphatic carbocycles. The predicted octanol–water partition coefficient (Wildman–Crippen LogP) is 13.4. The quantitative estimate of drug-likeness (QED) is 0.150. The van der Waals surface area contributed by atoms with Crippen molar-refractivity contribution in [1.29, 1.82) is 5.26 Å². The molecule has 12 rings (SSSR count). The average molecular weight is 827 g/mol. The van der Waals surface area contributed by atoms with E-state index < -0.39 is 0 Å². The number of benzene rings is 9. The van der Waals surface area contributed by atoms with Gasteiger partial charge in [0.2, 0.25) is 0 Å². The van der Waals surface area contributed by atoms with Crippen molar-refractivity contribution in [1.82, 2.24) is 4.98 Å². The Kier molecular flexibility index (Phi) is 9.28. The summed E-state index contributed by atoms with van der Waals surface area (Å²) in [4.78, 5) is 9.78. The molecule has 0 atom stereocenters. The topological polar surface area (TPSA) is 43.2 Å². The van der Waals surface area contributed by atoms with Gasteiger partial charge in [-0.3, -0.25) is 4.98 Å². The van der Waals surface area contributed by atoms with Gasteiger partial charge < -0.3 is 9.80 Å². The molecule has 3 heterocycles. The molecule has 2 aliphatic heterocycles. The van der Waals surface area contributed by atoms with Gasteiger partial charge in [-0.2, -0.15) is 5.26 Å². The zero-order valence-electron chi connectivity index (χ0n) is 35.4. The van der Waals surface area contributed by atoms with Crippen molar-refractivity contribution in [3.8, 4) is 61.8 Å². The summed E-state index contributed by atoms with van der Waals surface area (Å²) in [7, 11) is 0. The van der Waals surface area contributed by atoms with E-state index in [1.54, 1.807) is 6.20 Å². The minimum absolute atomic E-state index is 0.111. The van der Waals surface area contributed by atoms with Crippen molar-refractivity contribution in [2.75, 3.05) is 9.80 Å². The van der Waals surface area contributed by atoms with Gasteiger partial charge in [0.25, 0.3) is 6.71 Å². The van der Waals surface area contributed by atoms with E-state index in [-0.39, 0.29) is 6.71 Å². The molecule has 0 unspecified atom stereocenters. The van der Waals surface area contributed by atoms with Crippen LogP contribution in [0.2, 0.25) is 0 Å². The van der Waals surface area contributed by atoms with Gasteiger partial charge in [-0.1, -0.05) is 170 Å². The SMILES string of the molecule is N#Cc1ccc(-c2cc3c4c(c2)N(c2ccc(-c5ccccc5)cc2)c2ccc(-c5ccccc5)cc2B4c2cc(-c4ccccc4)ccc2N3c2ccc(-c3ccccc3)cc2)nc1. The summed E-state index contributed by atoms with van der Waals surface area (Å²) in [6.07, 6.45) is 1.67. The van der Waals surface area contributed by atoms with Crippen molar-refractivity contribution in [3.05, 3.63) is 242 Å². The molecule has 0 saturated carbocycles. The fraction of sp³-hybridized carbons (Fsp3) is 0. The first-order chi connectivity index (χ1) is 32.2. The van der Waals surface area contributed by atoms with Gasteiger partial charge in [0.1, 0.15) is 6.07 Å². The summed E-state index contributed by atoms with van der Waals surface area (Å²) >= 11 is 0. The lowest BCUT2D eigenvalue weighted by molar-refractivity contribution is 1.24. The Hall–Kier alpha value is -8.72. The van der Waals surface area contributed by atoms with E-state index in [0.29, 0.717) is 5.56 Å². The minimum atomic E-state index is -0.111. The molecule has 0 amide bonds. The second-order valence-corrected chi connectivity index (χ2v) is 16.7. The third kappa shape index (κ3) is 6.68.